The number of aryl methyl sites for hydroxylation is 1. The Morgan fingerprint density at radius 2 is 2.05 bits per heavy atom. The van der Waals surface area contributed by atoms with Gasteiger partial charge in [-0.15, -0.1) is 0 Å². The Morgan fingerprint density at radius 3 is 2.59 bits per heavy atom. The van der Waals surface area contributed by atoms with Gasteiger partial charge in [-0.3, -0.25) is 4.78 Å². The lowest BCUT2D eigenvalue weighted by atomic mass is 10.1. The van der Waals surface area contributed by atoms with E-state index in [9.17, 15) is 17.4 Å². The van der Waals surface area contributed by atoms with E-state index in [2.05, 4.69) is 6.58 Å². The first-order valence-corrected chi connectivity index (χ1v) is 8.72. The van der Waals surface area contributed by atoms with Gasteiger partial charge in [0.2, 0.25) is 0 Å². The highest BCUT2D eigenvalue weighted by atomic mass is 32.2. The molecule has 22 heavy (non-hydrogen) atoms. The molecule has 0 aromatic heterocycles. The summed E-state index contributed by atoms with van der Waals surface area (Å²) in [4.78, 5) is 0. The van der Waals surface area contributed by atoms with Crippen LogP contribution < -0.4 is 5.73 Å². The number of nitrogens with two attached hydrogens (primary N) is 1. The van der Waals surface area contributed by atoms with Crippen molar-refractivity contribution in [2.45, 2.75) is 32.0 Å². The van der Waals surface area contributed by atoms with Crippen LogP contribution in [0.15, 0.2) is 36.4 Å². The van der Waals surface area contributed by atoms with Gasteiger partial charge in [0.1, 0.15) is 0 Å². The van der Waals surface area contributed by atoms with Crippen LogP contribution in [0, 0.1) is 4.78 Å². The van der Waals surface area contributed by atoms with Crippen LogP contribution >= 0.6 is 0 Å². The average molecular weight is 334 g/mol. The number of benzene rings is 1. The topological polar surface area (TPSA) is 66.9 Å². The molecule has 7 heteroatoms. The van der Waals surface area contributed by atoms with Crippen LogP contribution in [0.25, 0.3) is 0 Å². The molecule has 1 unspecified atom stereocenters. The molecule has 3 nitrogen and oxygen atoms in total. The summed E-state index contributed by atoms with van der Waals surface area (Å²) in [6.07, 6.45) is -3.83. The fourth-order valence-corrected chi connectivity index (χ4v) is 3.26. The summed E-state index contributed by atoms with van der Waals surface area (Å²) in [7, 11) is -2.86. The standard InChI is InChI=1S/C15H21F3N2OS/c1-11(2)14(19)7-9-22(20,21)8-6-12-4-3-5-13(10-12)15(16,17)18/h3-5,10,14,20H,1,6-9,19H2,2H3/t14-,22?/m0/s1. The van der Waals surface area contributed by atoms with Crippen LogP contribution in [-0.4, -0.2) is 21.8 Å². The minimum atomic E-state index is -4.40. The summed E-state index contributed by atoms with van der Waals surface area (Å²) in [5, 5.41) is 0. The van der Waals surface area contributed by atoms with Crippen LogP contribution in [0.2, 0.25) is 0 Å². The fraction of sp³-hybridized carbons (Fsp3) is 0.467. The van der Waals surface area contributed by atoms with E-state index >= 15 is 0 Å². The zero-order chi connectivity index (χ0) is 17.0. The Morgan fingerprint density at radius 1 is 1.41 bits per heavy atom. The number of nitrogens with one attached hydrogen (secondary N) is 1. The maximum absolute atomic E-state index is 12.6. The number of hydrogen-bond acceptors (Lipinski definition) is 3. The molecule has 0 spiro atoms. The summed E-state index contributed by atoms with van der Waals surface area (Å²) >= 11 is 0. The van der Waals surface area contributed by atoms with Crippen molar-refractivity contribution in [1.82, 2.24) is 0 Å². The lowest BCUT2D eigenvalue weighted by Gasteiger charge is -2.13. The average Bonchev–Trinajstić information content (AvgIpc) is 2.42. The van der Waals surface area contributed by atoms with Crippen molar-refractivity contribution in [3.63, 3.8) is 0 Å². The van der Waals surface area contributed by atoms with Crippen LogP contribution in [0.1, 0.15) is 24.5 Å². The lowest BCUT2D eigenvalue weighted by Crippen LogP contribution is -2.25. The minimum absolute atomic E-state index is 0.0250. The second-order valence-electron chi connectivity index (χ2n) is 5.41. The fourth-order valence-electron chi connectivity index (χ4n) is 1.85. The Labute approximate surface area is 129 Å². The number of halogens is 3. The van der Waals surface area contributed by atoms with Crippen molar-refractivity contribution in [2.75, 3.05) is 11.5 Å². The zero-order valence-corrected chi connectivity index (χ0v) is 13.3. The molecule has 0 radical (unpaired) electrons. The van der Waals surface area contributed by atoms with E-state index in [1.165, 1.54) is 6.07 Å². The van der Waals surface area contributed by atoms with Crippen molar-refractivity contribution in [3.8, 4) is 0 Å². The first-order valence-electron chi connectivity index (χ1n) is 6.82. The maximum atomic E-state index is 12.6. The van der Waals surface area contributed by atoms with Gasteiger partial charge < -0.3 is 5.73 Å². The van der Waals surface area contributed by atoms with Gasteiger partial charge in [0.15, 0.2) is 0 Å². The molecular formula is C15H21F3N2OS. The predicted molar refractivity (Wildman–Crippen MR) is 83.2 cm³/mol. The van der Waals surface area contributed by atoms with Crippen molar-refractivity contribution < 1.29 is 17.4 Å². The smallest absolute Gasteiger partial charge is 0.324 e. The Hall–Kier alpha value is -1.34. The molecule has 124 valence electrons. The van der Waals surface area contributed by atoms with Gasteiger partial charge in [-0.25, -0.2) is 4.21 Å². The highest BCUT2D eigenvalue weighted by molar-refractivity contribution is 7.92. The third kappa shape index (κ3) is 6.19. The minimum Gasteiger partial charge on any atom is -0.324 e. The van der Waals surface area contributed by atoms with Gasteiger partial charge in [0, 0.05) is 27.3 Å². The molecule has 0 saturated carbocycles. The van der Waals surface area contributed by atoms with E-state index in [-0.39, 0.29) is 24.0 Å². The molecule has 0 fully saturated rings. The van der Waals surface area contributed by atoms with Gasteiger partial charge in [-0.1, -0.05) is 30.4 Å². The Balaban J connectivity index is 2.64. The summed E-state index contributed by atoms with van der Waals surface area (Å²) in [6, 6.07) is 4.59. The van der Waals surface area contributed by atoms with Crippen LogP contribution in [0.4, 0.5) is 13.2 Å². The van der Waals surface area contributed by atoms with Crippen molar-refractivity contribution in [3.05, 3.63) is 47.5 Å². The van der Waals surface area contributed by atoms with Crippen molar-refractivity contribution >= 4 is 9.73 Å². The SMILES string of the molecule is C=C(C)[C@@H](N)CCS(=N)(=O)CCc1cccc(C(F)(F)F)c1. The zero-order valence-electron chi connectivity index (χ0n) is 12.5. The number of rotatable bonds is 7. The van der Waals surface area contributed by atoms with Gasteiger partial charge >= 0.3 is 6.18 Å². The third-order valence-electron chi connectivity index (χ3n) is 3.37. The Kier molecular flexibility index (Phi) is 6.19. The second kappa shape index (κ2) is 7.28. The highest BCUT2D eigenvalue weighted by Crippen LogP contribution is 2.29. The van der Waals surface area contributed by atoms with Crippen LogP contribution in [0.5, 0.6) is 0 Å². The van der Waals surface area contributed by atoms with Gasteiger partial charge in [0.25, 0.3) is 0 Å². The van der Waals surface area contributed by atoms with Crippen LogP contribution in [0.3, 0.4) is 0 Å². The normalized spacial score (nSPS) is 16.0. The summed E-state index contributed by atoms with van der Waals surface area (Å²) < 4.78 is 57.8. The van der Waals surface area contributed by atoms with Gasteiger partial charge in [0.05, 0.1) is 5.56 Å². The monoisotopic (exact) mass is 334 g/mol. The van der Waals surface area contributed by atoms with E-state index in [4.69, 9.17) is 10.5 Å². The van der Waals surface area contributed by atoms with E-state index in [1.54, 1.807) is 13.0 Å². The molecule has 1 rings (SSSR count). The molecule has 0 aliphatic rings. The van der Waals surface area contributed by atoms with Crippen molar-refractivity contribution in [2.24, 2.45) is 5.73 Å². The molecule has 0 bridgehead atoms. The first-order chi connectivity index (χ1) is 10.0. The van der Waals surface area contributed by atoms with Crippen LogP contribution in [-0.2, 0) is 22.3 Å². The first kappa shape index (κ1) is 18.7. The third-order valence-corrected chi connectivity index (χ3v) is 5.13. The van der Waals surface area contributed by atoms with E-state index < -0.39 is 21.5 Å². The van der Waals surface area contributed by atoms with E-state index in [1.807, 2.05) is 0 Å². The molecule has 3 N–H and O–H groups in total. The molecule has 1 aromatic carbocycles. The molecule has 1 aromatic rings. The molecular weight excluding hydrogens is 313 g/mol. The molecule has 2 atom stereocenters. The van der Waals surface area contributed by atoms with Crippen molar-refractivity contribution in [1.29, 1.82) is 4.78 Å². The summed E-state index contributed by atoms with van der Waals surface area (Å²) in [5.74, 6) is 0.150. The lowest BCUT2D eigenvalue weighted by molar-refractivity contribution is -0.137. The van der Waals surface area contributed by atoms with E-state index in [0.717, 1.165) is 17.7 Å². The summed E-state index contributed by atoms with van der Waals surface area (Å²) in [5.41, 5.74) is 6.22. The highest BCUT2D eigenvalue weighted by Gasteiger charge is 2.30. The number of alkyl halides is 3. The van der Waals surface area contributed by atoms with E-state index in [0.29, 0.717) is 12.0 Å². The molecule has 0 aliphatic heterocycles. The molecule has 0 amide bonds. The maximum Gasteiger partial charge on any atom is 0.416 e. The number of hydrogen-bond donors (Lipinski definition) is 2. The summed E-state index contributed by atoms with van der Waals surface area (Å²) in [6.45, 7) is 5.46. The molecule has 0 heterocycles. The Bertz CT molecular complexity index is 624. The quantitative estimate of drug-likeness (QED) is 0.748. The second-order valence-corrected chi connectivity index (χ2v) is 7.85. The van der Waals surface area contributed by atoms with Gasteiger partial charge in [-0.05, 0) is 31.4 Å². The molecule has 0 saturated heterocycles. The predicted octanol–water partition coefficient (Wildman–Crippen LogP) is 3.59. The molecule has 0 aliphatic carbocycles. The van der Waals surface area contributed by atoms with Gasteiger partial charge in [-0.2, -0.15) is 13.2 Å². The largest absolute Gasteiger partial charge is 0.416 e.